The molecule has 2 rings (SSSR count). The molecule has 1 N–H and O–H groups in total. The van der Waals surface area contributed by atoms with Crippen LogP contribution in [-0.2, 0) is 18.3 Å². The summed E-state index contributed by atoms with van der Waals surface area (Å²) in [5.74, 6) is 0.232. The number of likely N-dealkylation sites (tertiary alicyclic amines) is 1. The molecule has 0 bridgehead atoms. The van der Waals surface area contributed by atoms with Gasteiger partial charge in [0, 0.05) is 39.3 Å². The van der Waals surface area contributed by atoms with E-state index in [1.165, 1.54) is 6.42 Å². The lowest BCUT2D eigenvalue weighted by molar-refractivity contribution is -0.131. The van der Waals surface area contributed by atoms with E-state index < -0.39 is 0 Å². The molecular weight excluding hydrogens is 228 g/mol. The monoisotopic (exact) mass is 250 g/mol. The van der Waals surface area contributed by atoms with Gasteiger partial charge in [0.05, 0.1) is 12.2 Å². The summed E-state index contributed by atoms with van der Waals surface area (Å²) in [6.45, 7) is 3.12. The molecule has 5 heteroatoms. The fraction of sp³-hybridized carbons (Fsp3) is 0.692. The Morgan fingerprint density at radius 3 is 2.83 bits per heavy atom. The second-order valence-electron chi connectivity index (χ2n) is 4.85. The van der Waals surface area contributed by atoms with Crippen molar-refractivity contribution in [2.45, 2.75) is 25.7 Å². The molecule has 1 amide bonds. The lowest BCUT2D eigenvalue weighted by Gasteiger charge is -2.26. The molecule has 1 aliphatic heterocycles. The summed E-state index contributed by atoms with van der Waals surface area (Å²) in [5.41, 5.74) is 1.07. The molecular formula is C13H22N4O. The number of carbonyl (C=O) groups excluding carboxylic acids is 1. The Bertz CT molecular complexity index is 382. The highest BCUT2D eigenvalue weighted by molar-refractivity contribution is 5.78. The van der Waals surface area contributed by atoms with Gasteiger partial charge in [-0.3, -0.25) is 9.48 Å². The molecule has 0 atom stereocenters. The minimum absolute atomic E-state index is 0.232. The Labute approximate surface area is 108 Å². The first-order chi connectivity index (χ1) is 8.75. The van der Waals surface area contributed by atoms with Crippen molar-refractivity contribution in [3.63, 3.8) is 0 Å². The van der Waals surface area contributed by atoms with E-state index in [-0.39, 0.29) is 5.91 Å². The summed E-state index contributed by atoms with van der Waals surface area (Å²) in [7, 11) is 1.91. The number of nitrogens with zero attached hydrogens (tertiary/aromatic N) is 3. The van der Waals surface area contributed by atoms with Crippen LogP contribution in [0, 0.1) is 0 Å². The first-order valence-electron chi connectivity index (χ1n) is 6.73. The number of rotatable bonds is 5. The molecule has 0 aromatic carbocycles. The number of hydrogen-bond acceptors (Lipinski definition) is 3. The Hall–Kier alpha value is -1.36. The van der Waals surface area contributed by atoms with Crippen molar-refractivity contribution in [1.82, 2.24) is 20.0 Å². The topological polar surface area (TPSA) is 50.2 Å². The second kappa shape index (κ2) is 6.54. The van der Waals surface area contributed by atoms with Gasteiger partial charge in [-0.2, -0.15) is 5.10 Å². The normalized spacial score (nSPS) is 15.9. The van der Waals surface area contributed by atoms with Crippen LogP contribution in [0.1, 0.15) is 25.0 Å². The zero-order valence-electron chi connectivity index (χ0n) is 11.1. The molecule has 0 radical (unpaired) electrons. The molecule has 18 heavy (non-hydrogen) atoms. The van der Waals surface area contributed by atoms with Crippen LogP contribution in [0.3, 0.4) is 0 Å². The summed E-state index contributed by atoms with van der Waals surface area (Å²) < 4.78 is 1.80. The molecule has 0 aliphatic carbocycles. The molecule has 5 nitrogen and oxygen atoms in total. The highest BCUT2D eigenvalue weighted by Gasteiger charge is 2.15. The molecule has 100 valence electrons. The maximum Gasteiger partial charge on any atom is 0.236 e. The van der Waals surface area contributed by atoms with E-state index >= 15 is 0 Å². The Balaban J connectivity index is 1.61. The van der Waals surface area contributed by atoms with Gasteiger partial charge >= 0.3 is 0 Å². The summed E-state index contributed by atoms with van der Waals surface area (Å²) in [5, 5.41) is 7.50. The van der Waals surface area contributed by atoms with Gasteiger partial charge in [0.1, 0.15) is 0 Å². The number of amides is 1. The Morgan fingerprint density at radius 1 is 1.39 bits per heavy atom. The lowest BCUT2D eigenvalue weighted by Crippen LogP contribution is -2.41. The van der Waals surface area contributed by atoms with Gasteiger partial charge < -0.3 is 10.2 Å². The largest absolute Gasteiger partial charge is 0.342 e. The van der Waals surface area contributed by atoms with Crippen molar-refractivity contribution in [2.75, 3.05) is 26.2 Å². The van der Waals surface area contributed by atoms with Crippen LogP contribution in [0.15, 0.2) is 12.3 Å². The fourth-order valence-electron chi connectivity index (χ4n) is 2.26. The standard InChI is InChI=1S/C13H22N4O/c1-16-10-6-12(15-16)5-7-14-11-13(18)17-8-3-2-4-9-17/h6,10,14H,2-5,7-9,11H2,1H3. The fourth-order valence-corrected chi connectivity index (χ4v) is 2.26. The van der Waals surface area contributed by atoms with Gasteiger partial charge in [0.15, 0.2) is 0 Å². The number of hydrogen-bond donors (Lipinski definition) is 1. The van der Waals surface area contributed by atoms with Gasteiger partial charge in [0.2, 0.25) is 5.91 Å². The van der Waals surface area contributed by atoms with Crippen molar-refractivity contribution in [1.29, 1.82) is 0 Å². The predicted molar refractivity (Wildman–Crippen MR) is 70.2 cm³/mol. The molecule has 2 heterocycles. The van der Waals surface area contributed by atoms with Crippen LogP contribution in [0.2, 0.25) is 0 Å². The number of piperidine rings is 1. The molecule has 1 fully saturated rings. The Kier molecular flexibility index (Phi) is 4.75. The number of aromatic nitrogens is 2. The third-order valence-electron chi connectivity index (χ3n) is 3.31. The van der Waals surface area contributed by atoms with Gasteiger partial charge in [-0.05, 0) is 25.3 Å². The van der Waals surface area contributed by atoms with Crippen LogP contribution < -0.4 is 5.32 Å². The highest BCUT2D eigenvalue weighted by Crippen LogP contribution is 2.08. The molecule has 1 aliphatic rings. The molecule has 1 aromatic heterocycles. The second-order valence-corrected chi connectivity index (χ2v) is 4.85. The average Bonchev–Trinajstić information content (AvgIpc) is 2.81. The van der Waals surface area contributed by atoms with Crippen LogP contribution in [0.5, 0.6) is 0 Å². The van der Waals surface area contributed by atoms with Gasteiger partial charge in [-0.15, -0.1) is 0 Å². The van der Waals surface area contributed by atoms with Crippen molar-refractivity contribution in [3.05, 3.63) is 18.0 Å². The predicted octanol–water partition coefficient (Wildman–Crippen LogP) is 0.565. The molecule has 0 unspecified atom stereocenters. The lowest BCUT2D eigenvalue weighted by atomic mass is 10.1. The summed E-state index contributed by atoms with van der Waals surface area (Å²) in [4.78, 5) is 13.8. The highest BCUT2D eigenvalue weighted by atomic mass is 16.2. The van der Waals surface area contributed by atoms with Crippen LogP contribution in [0.4, 0.5) is 0 Å². The summed E-state index contributed by atoms with van der Waals surface area (Å²) >= 11 is 0. The quantitative estimate of drug-likeness (QED) is 0.777. The minimum Gasteiger partial charge on any atom is -0.342 e. The van der Waals surface area contributed by atoms with Gasteiger partial charge in [-0.1, -0.05) is 0 Å². The van der Waals surface area contributed by atoms with Gasteiger partial charge in [0.25, 0.3) is 0 Å². The number of carbonyl (C=O) groups is 1. The molecule has 1 saturated heterocycles. The zero-order valence-corrected chi connectivity index (χ0v) is 11.1. The smallest absolute Gasteiger partial charge is 0.236 e. The van der Waals surface area contributed by atoms with E-state index in [9.17, 15) is 4.79 Å². The first kappa shape index (κ1) is 13.1. The van der Waals surface area contributed by atoms with Crippen LogP contribution in [0.25, 0.3) is 0 Å². The SMILES string of the molecule is Cn1ccc(CCNCC(=O)N2CCCCC2)n1. The zero-order chi connectivity index (χ0) is 12.8. The molecule has 0 saturated carbocycles. The third kappa shape index (κ3) is 3.84. The molecule has 0 spiro atoms. The maximum atomic E-state index is 11.9. The summed E-state index contributed by atoms with van der Waals surface area (Å²) in [6.07, 6.45) is 6.37. The third-order valence-corrected chi connectivity index (χ3v) is 3.31. The number of nitrogens with one attached hydrogen (secondary N) is 1. The van der Waals surface area contributed by atoms with Gasteiger partial charge in [-0.25, -0.2) is 0 Å². The van der Waals surface area contributed by atoms with E-state index in [0.29, 0.717) is 6.54 Å². The van der Waals surface area contributed by atoms with E-state index in [0.717, 1.165) is 44.6 Å². The van der Waals surface area contributed by atoms with Crippen LogP contribution >= 0.6 is 0 Å². The van der Waals surface area contributed by atoms with E-state index in [1.54, 1.807) is 4.68 Å². The van der Waals surface area contributed by atoms with E-state index in [1.807, 2.05) is 24.2 Å². The number of aryl methyl sites for hydroxylation is 1. The van der Waals surface area contributed by atoms with Crippen molar-refractivity contribution in [3.8, 4) is 0 Å². The summed E-state index contributed by atoms with van der Waals surface area (Å²) in [6, 6.07) is 2.01. The average molecular weight is 250 g/mol. The maximum absolute atomic E-state index is 11.9. The first-order valence-corrected chi connectivity index (χ1v) is 6.73. The molecule has 1 aromatic rings. The van der Waals surface area contributed by atoms with Crippen molar-refractivity contribution >= 4 is 5.91 Å². The van der Waals surface area contributed by atoms with Crippen molar-refractivity contribution < 1.29 is 4.79 Å². The van der Waals surface area contributed by atoms with E-state index in [2.05, 4.69) is 10.4 Å². The minimum atomic E-state index is 0.232. The van der Waals surface area contributed by atoms with Crippen LogP contribution in [-0.4, -0.2) is 46.8 Å². The van der Waals surface area contributed by atoms with E-state index in [4.69, 9.17) is 0 Å². The Morgan fingerprint density at radius 2 is 2.17 bits per heavy atom. The van der Waals surface area contributed by atoms with Crippen molar-refractivity contribution in [2.24, 2.45) is 7.05 Å².